The molecule has 5 heteroatoms. The third kappa shape index (κ3) is 2.90. The summed E-state index contributed by atoms with van der Waals surface area (Å²) in [5.41, 5.74) is 7.51. The second kappa shape index (κ2) is 4.78. The molecule has 5 nitrogen and oxygen atoms in total. The number of nitrogen functional groups attached to an aromatic ring is 1. The largest absolute Gasteiger partial charge is 0.382 e. The van der Waals surface area contributed by atoms with Crippen LogP contribution in [-0.4, -0.2) is 22.2 Å². The van der Waals surface area contributed by atoms with Crippen LogP contribution in [0.2, 0.25) is 0 Å². The molecule has 2 heterocycles. The summed E-state index contributed by atoms with van der Waals surface area (Å²) in [4.78, 5) is 6.42. The van der Waals surface area contributed by atoms with Crippen molar-refractivity contribution in [3.8, 4) is 0 Å². The van der Waals surface area contributed by atoms with E-state index in [1.54, 1.807) is 6.07 Å². The molecule has 2 aromatic heterocycles. The molecular formula is C12H15N5. The second-order valence-electron chi connectivity index (χ2n) is 3.94. The number of aryl methyl sites for hydroxylation is 1. The van der Waals surface area contributed by atoms with Crippen molar-refractivity contribution >= 4 is 11.6 Å². The summed E-state index contributed by atoms with van der Waals surface area (Å²) in [5, 5.41) is 7.85. The predicted molar refractivity (Wildman–Crippen MR) is 67.5 cm³/mol. The standard InChI is InChI=1S/C12H15N5/c1-9-4-3-5-10(14-9)8-17(2)12-7-6-11(13)15-16-12/h3-7H,8H2,1-2H3,(H2,13,15). The summed E-state index contributed by atoms with van der Waals surface area (Å²) < 4.78 is 0. The van der Waals surface area contributed by atoms with Crippen molar-refractivity contribution in [3.63, 3.8) is 0 Å². The molecule has 0 fully saturated rings. The van der Waals surface area contributed by atoms with Crippen molar-refractivity contribution in [2.75, 3.05) is 17.7 Å². The average molecular weight is 229 g/mol. The van der Waals surface area contributed by atoms with Gasteiger partial charge in [-0.2, -0.15) is 0 Å². The number of anilines is 2. The molecular weight excluding hydrogens is 214 g/mol. The van der Waals surface area contributed by atoms with Gasteiger partial charge in [0.25, 0.3) is 0 Å². The van der Waals surface area contributed by atoms with Crippen LogP contribution in [0.25, 0.3) is 0 Å². The molecule has 0 amide bonds. The molecule has 0 unspecified atom stereocenters. The van der Waals surface area contributed by atoms with Crippen LogP contribution in [0.1, 0.15) is 11.4 Å². The number of nitrogens with two attached hydrogens (primary N) is 1. The molecule has 0 aliphatic carbocycles. The van der Waals surface area contributed by atoms with E-state index in [4.69, 9.17) is 5.73 Å². The molecule has 2 N–H and O–H groups in total. The molecule has 0 atom stereocenters. The zero-order chi connectivity index (χ0) is 12.3. The summed E-state index contributed by atoms with van der Waals surface area (Å²) >= 11 is 0. The van der Waals surface area contributed by atoms with Crippen LogP contribution >= 0.6 is 0 Å². The summed E-state index contributed by atoms with van der Waals surface area (Å²) in [6.07, 6.45) is 0. The first kappa shape index (κ1) is 11.3. The SMILES string of the molecule is Cc1cccc(CN(C)c2ccc(N)nn2)n1. The van der Waals surface area contributed by atoms with Gasteiger partial charge in [-0.15, -0.1) is 10.2 Å². The third-order valence-electron chi connectivity index (χ3n) is 2.41. The fraction of sp³-hybridized carbons (Fsp3) is 0.250. The monoisotopic (exact) mass is 229 g/mol. The predicted octanol–water partition coefficient (Wildman–Crippen LogP) is 1.40. The van der Waals surface area contributed by atoms with Crippen molar-refractivity contribution < 1.29 is 0 Å². The number of hydrogen-bond acceptors (Lipinski definition) is 5. The lowest BCUT2D eigenvalue weighted by Crippen LogP contribution is -2.19. The van der Waals surface area contributed by atoms with Crippen molar-refractivity contribution in [1.29, 1.82) is 0 Å². The van der Waals surface area contributed by atoms with Crippen LogP contribution in [0, 0.1) is 6.92 Å². The van der Waals surface area contributed by atoms with E-state index in [2.05, 4.69) is 15.2 Å². The zero-order valence-electron chi connectivity index (χ0n) is 9.96. The van der Waals surface area contributed by atoms with Crippen LogP contribution < -0.4 is 10.6 Å². The molecule has 17 heavy (non-hydrogen) atoms. The molecule has 0 saturated carbocycles. The van der Waals surface area contributed by atoms with Crippen LogP contribution in [0.3, 0.4) is 0 Å². The Morgan fingerprint density at radius 1 is 1.18 bits per heavy atom. The Hall–Kier alpha value is -2.17. The lowest BCUT2D eigenvalue weighted by Gasteiger charge is -2.17. The lowest BCUT2D eigenvalue weighted by molar-refractivity contribution is 0.840. The minimum Gasteiger partial charge on any atom is -0.382 e. The highest BCUT2D eigenvalue weighted by Crippen LogP contribution is 2.11. The second-order valence-corrected chi connectivity index (χ2v) is 3.94. The minimum atomic E-state index is 0.427. The minimum absolute atomic E-state index is 0.427. The first-order valence-corrected chi connectivity index (χ1v) is 5.38. The summed E-state index contributed by atoms with van der Waals surface area (Å²) in [7, 11) is 1.95. The van der Waals surface area contributed by atoms with Gasteiger partial charge in [0.1, 0.15) is 5.82 Å². The maximum atomic E-state index is 5.49. The van der Waals surface area contributed by atoms with E-state index in [1.165, 1.54) is 0 Å². The van der Waals surface area contributed by atoms with Crippen molar-refractivity contribution in [1.82, 2.24) is 15.2 Å². The Bertz CT molecular complexity index is 495. The zero-order valence-corrected chi connectivity index (χ0v) is 9.96. The Kier molecular flexibility index (Phi) is 3.18. The molecule has 0 saturated heterocycles. The molecule has 2 rings (SSSR count). The number of aromatic nitrogens is 3. The Morgan fingerprint density at radius 3 is 2.65 bits per heavy atom. The van der Waals surface area contributed by atoms with Gasteiger partial charge in [-0.25, -0.2) is 0 Å². The highest BCUT2D eigenvalue weighted by atomic mass is 15.3. The van der Waals surface area contributed by atoms with Gasteiger partial charge < -0.3 is 10.6 Å². The van der Waals surface area contributed by atoms with Gasteiger partial charge in [-0.1, -0.05) is 6.07 Å². The first-order chi connectivity index (χ1) is 8.15. The van der Waals surface area contributed by atoms with Gasteiger partial charge in [-0.3, -0.25) is 4.98 Å². The molecule has 0 spiro atoms. The van der Waals surface area contributed by atoms with E-state index in [0.29, 0.717) is 12.4 Å². The Labute approximate surface area is 100 Å². The Morgan fingerprint density at radius 2 is 2.00 bits per heavy atom. The van der Waals surface area contributed by atoms with Gasteiger partial charge in [0.15, 0.2) is 5.82 Å². The van der Waals surface area contributed by atoms with Crippen molar-refractivity contribution in [2.45, 2.75) is 13.5 Å². The topological polar surface area (TPSA) is 67.9 Å². The number of nitrogens with zero attached hydrogens (tertiary/aromatic N) is 4. The molecule has 0 aliphatic rings. The fourth-order valence-electron chi connectivity index (χ4n) is 1.55. The van der Waals surface area contributed by atoms with E-state index in [1.807, 2.05) is 43.1 Å². The molecule has 88 valence electrons. The van der Waals surface area contributed by atoms with Gasteiger partial charge >= 0.3 is 0 Å². The first-order valence-electron chi connectivity index (χ1n) is 5.38. The quantitative estimate of drug-likeness (QED) is 0.861. The van der Waals surface area contributed by atoms with Crippen LogP contribution in [0.4, 0.5) is 11.6 Å². The van der Waals surface area contributed by atoms with E-state index < -0.39 is 0 Å². The van der Waals surface area contributed by atoms with E-state index in [-0.39, 0.29) is 0 Å². The maximum Gasteiger partial charge on any atom is 0.151 e. The smallest absolute Gasteiger partial charge is 0.151 e. The molecule has 2 aromatic rings. The normalized spacial score (nSPS) is 10.2. The van der Waals surface area contributed by atoms with Gasteiger partial charge in [-0.05, 0) is 31.2 Å². The van der Waals surface area contributed by atoms with E-state index in [9.17, 15) is 0 Å². The highest BCUT2D eigenvalue weighted by Gasteiger charge is 2.04. The lowest BCUT2D eigenvalue weighted by atomic mass is 10.3. The van der Waals surface area contributed by atoms with Gasteiger partial charge in [0, 0.05) is 12.7 Å². The number of rotatable bonds is 3. The number of hydrogen-bond donors (Lipinski definition) is 1. The molecule has 0 bridgehead atoms. The van der Waals surface area contributed by atoms with Crippen LogP contribution in [0.5, 0.6) is 0 Å². The molecule has 0 aliphatic heterocycles. The summed E-state index contributed by atoms with van der Waals surface area (Å²) in [5.74, 6) is 1.21. The maximum absolute atomic E-state index is 5.49. The number of pyridine rings is 1. The van der Waals surface area contributed by atoms with Crippen LogP contribution in [-0.2, 0) is 6.54 Å². The summed E-state index contributed by atoms with van der Waals surface area (Å²) in [6.45, 7) is 2.67. The average Bonchev–Trinajstić information content (AvgIpc) is 2.29. The molecule has 0 aromatic carbocycles. The van der Waals surface area contributed by atoms with Gasteiger partial charge in [0.05, 0.1) is 12.2 Å². The fourth-order valence-corrected chi connectivity index (χ4v) is 1.55. The van der Waals surface area contributed by atoms with E-state index >= 15 is 0 Å². The van der Waals surface area contributed by atoms with E-state index in [0.717, 1.165) is 17.2 Å². The highest BCUT2D eigenvalue weighted by molar-refractivity contribution is 5.40. The Balaban J connectivity index is 2.11. The summed E-state index contributed by atoms with van der Waals surface area (Å²) in [6, 6.07) is 9.56. The van der Waals surface area contributed by atoms with Gasteiger partial charge in [0.2, 0.25) is 0 Å². The molecule has 0 radical (unpaired) electrons. The third-order valence-corrected chi connectivity index (χ3v) is 2.41. The van der Waals surface area contributed by atoms with Crippen LogP contribution in [0.15, 0.2) is 30.3 Å². The van der Waals surface area contributed by atoms with Crippen molar-refractivity contribution in [2.24, 2.45) is 0 Å². The van der Waals surface area contributed by atoms with Crippen molar-refractivity contribution in [3.05, 3.63) is 41.7 Å².